The first kappa shape index (κ1) is 19.0. The number of aromatic nitrogens is 2. The molecule has 8 heteroatoms. The zero-order valence-corrected chi connectivity index (χ0v) is 17.3. The molecule has 0 radical (unpaired) electrons. The molecule has 0 N–H and O–H groups in total. The Morgan fingerprint density at radius 2 is 2.00 bits per heavy atom. The van der Waals surface area contributed by atoms with Gasteiger partial charge in [0.1, 0.15) is 0 Å². The zero-order valence-electron chi connectivity index (χ0n) is 16.5. The van der Waals surface area contributed by atoms with E-state index in [0.29, 0.717) is 25.2 Å². The third-order valence-electron chi connectivity index (χ3n) is 5.94. The van der Waals surface area contributed by atoms with Crippen LogP contribution in [-0.2, 0) is 11.3 Å². The summed E-state index contributed by atoms with van der Waals surface area (Å²) < 4.78 is 0. The molecule has 148 valence electrons. The minimum Gasteiger partial charge on any atom is -0.348 e. The lowest BCUT2D eigenvalue weighted by Crippen LogP contribution is -2.47. The van der Waals surface area contributed by atoms with Crippen LogP contribution in [0, 0.1) is 18.3 Å². The minimum absolute atomic E-state index is 0.0208. The number of hydrogen-bond donors (Lipinski definition) is 0. The number of hydrogen-bond acceptors (Lipinski definition) is 6. The number of carbonyl (C=O) groups excluding carboxylic acids is 2. The van der Waals surface area contributed by atoms with E-state index in [1.165, 1.54) is 4.88 Å². The Bertz CT molecular complexity index is 884. The van der Waals surface area contributed by atoms with E-state index in [4.69, 9.17) is 0 Å². The van der Waals surface area contributed by atoms with Crippen LogP contribution >= 0.6 is 11.3 Å². The lowest BCUT2D eigenvalue weighted by atomic mass is 9.80. The van der Waals surface area contributed by atoms with E-state index in [1.54, 1.807) is 54.9 Å². The Morgan fingerprint density at radius 3 is 2.64 bits per heavy atom. The molecular weight excluding hydrogens is 374 g/mol. The van der Waals surface area contributed by atoms with Gasteiger partial charge in [0.25, 0.3) is 5.91 Å². The molecule has 2 aliphatic rings. The van der Waals surface area contributed by atoms with Crippen LogP contribution < -0.4 is 0 Å². The standard InChI is InChI=1S/C20H25N5O2S/c1-14-17(28-13-22-14)10-24-8-16-9-25(18(26)15-4-6-21-7-5-15)12-20(16,11-24)19(27)23(2)3/h4-7,13,16H,8-12H2,1-3H3/t16-,20-/m1/s1. The van der Waals surface area contributed by atoms with Crippen LogP contribution in [0.2, 0.25) is 0 Å². The van der Waals surface area contributed by atoms with E-state index < -0.39 is 5.41 Å². The van der Waals surface area contributed by atoms with Gasteiger partial charge in [0.15, 0.2) is 0 Å². The van der Waals surface area contributed by atoms with Crippen LogP contribution in [0.15, 0.2) is 30.0 Å². The van der Waals surface area contributed by atoms with Crippen LogP contribution in [0.3, 0.4) is 0 Å². The number of rotatable bonds is 4. The third kappa shape index (κ3) is 3.20. The second-order valence-electron chi connectivity index (χ2n) is 8.00. The molecule has 2 amide bonds. The molecule has 2 aromatic heterocycles. The third-order valence-corrected chi connectivity index (χ3v) is 6.86. The van der Waals surface area contributed by atoms with Crippen molar-refractivity contribution in [2.45, 2.75) is 13.5 Å². The van der Waals surface area contributed by atoms with Crippen molar-refractivity contribution in [3.05, 3.63) is 46.2 Å². The Balaban J connectivity index is 1.56. The maximum Gasteiger partial charge on any atom is 0.254 e. The molecule has 0 spiro atoms. The number of carbonyl (C=O) groups is 2. The van der Waals surface area contributed by atoms with Crippen molar-refractivity contribution in [1.82, 2.24) is 24.7 Å². The summed E-state index contributed by atoms with van der Waals surface area (Å²) in [5.74, 6) is 0.236. The monoisotopic (exact) mass is 399 g/mol. The molecule has 2 aliphatic heterocycles. The summed E-state index contributed by atoms with van der Waals surface area (Å²) in [6.07, 6.45) is 3.26. The number of amides is 2. The van der Waals surface area contributed by atoms with Crippen LogP contribution in [0.4, 0.5) is 0 Å². The molecule has 2 saturated heterocycles. The topological polar surface area (TPSA) is 69.6 Å². The van der Waals surface area contributed by atoms with Crippen molar-refractivity contribution in [2.75, 3.05) is 40.3 Å². The summed E-state index contributed by atoms with van der Waals surface area (Å²) in [6, 6.07) is 3.46. The summed E-state index contributed by atoms with van der Waals surface area (Å²) in [5.41, 5.74) is 3.02. The first-order valence-electron chi connectivity index (χ1n) is 9.43. The highest BCUT2D eigenvalue weighted by Crippen LogP contribution is 2.44. The molecule has 0 bridgehead atoms. The maximum absolute atomic E-state index is 13.2. The van der Waals surface area contributed by atoms with Crippen molar-refractivity contribution < 1.29 is 9.59 Å². The predicted molar refractivity (Wildman–Crippen MR) is 107 cm³/mol. The van der Waals surface area contributed by atoms with Crippen molar-refractivity contribution in [2.24, 2.45) is 11.3 Å². The van der Waals surface area contributed by atoms with Crippen molar-refractivity contribution in [3.63, 3.8) is 0 Å². The Morgan fingerprint density at radius 1 is 1.25 bits per heavy atom. The van der Waals surface area contributed by atoms with Gasteiger partial charge in [-0.15, -0.1) is 11.3 Å². The first-order chi connectivity index (χ1) is 13.4. The van der Waals surface area contributed by atoms with Gasteiger partial charge in [-0.3, -0.25) is 19.5 Å². The highest BCUT2D eigenvalue weighted by molar-refractivity contribution is 7.09. The van der Waals surface area contributed by atoms with Gasteiger partial charge in [0.2, 0.25) is 5.91 Å². The Hall–Kier alpha value is -2.32. The van der Waals surface area contributed by atoms with E-state index in [2.05, 4.69) is 14.9 Å². The predicted octanol–water partition coefficient (Wildman–Crippen LogP) is 1.51. The number of aryl methyl sites for hydroxylation is 1. The van der Waals surface area contributed by atoms with Gasteiger partial charge in [0.05, 0.1) is 16.6 Å². The Labute approximate surface area is 169 Å². The fourth-order valence-corrected chi connectivity index (χ4v) is 5.37. The van der Waals surface area contributed by atoms with Gasteiger partial charge in [-0.05, 0) is 19.1 Å². The summed E-state index contributed by atoms with van der Waals surface area (Å²) in [7, 11) is 3.61. The van der Waals surface area contributed by atoms with Gasteiger partial charge < -0.3 is 9.80 Å². The number of pyridine rings is 1. The lowest BCUT2D eigenvalue weighted by molar-refractivity contribution is -0.139. The van der Waals surface area contributed by atoms with E-state index in [1.807, 2.05) is 17.3 Å². The molecule has 4 heterocycles. The van der Waals surface area contributed by atoms with Crippen molar-refractivity contribution >= 4 is 23.2 Å². The molecule has 0 unspecified atom stereocenters. The van der Waals surface area contributed by atoms with E-state index >= 15 is 0 Å². The highest BCUT2D eigenvalue weighted by atomic mass is 32.1. The molecule has 0 saturated carbocycles. The summed E-state index contributed by atoms with van der Waals surface area (Å²) in [4.78, 5) is 41.6. The summed E-state index contributed by atoms with van der Waals surface area (Å²) >= 11 is 1.66. The summed E-state index contributed by atoms with van der Waals surface area (Å²) in [5, 5.41) is 0. The molecule has 2 fully saturated rings. The summed E-state index contributed by atoms with van der Waals surface area (Å²) in [6.45, 7) is 5.41. The Kier molecular flexibility index (Phi) is 4.93. The SMILES string of the molecule is Cc1ncsc1CN1C[C@@H]2CN(C(=O)c3ccncc3)C[C@]2(C(=O)N(C)C)C1. The smallest absolute Gasteiger partial charge is 0.254 e. The fourth-order valence-electron chi connectivity index (χ4n) is 4.55. The number of likely N-dealkylation sites (tertiary alicyclic amines) is 2. The van der Waals surface area contributed by atoms with Crippen LogP contribution in [0.5, 0.6) is 0 Å². The molecular formula is C20H25N5O2S. The van der Waals surface area contributed by atoms with Gasteiger partial charge >= 0.3 is 0 Å². The molecule has 2 atom stereocenters. The van der Waals surface area contributed by atoms with Crippen molar-refractivity contribution in [3.8, 4) is 0 Å². The van der Waals surface area contributed by atoms with Crippen molar-refractivity contribution in [1.29, 1.82) is 0 Å². The molecule has 0 aliphatic carbocycles. The number of fused-ring (bicyclic) bond motifs is 1. The van der Waals surface area contributed by atoms with Crippen LogP contribution in [0.25, 0.3) is 0 Å². The fraction of sp³-hybridized carbons (Fsp3) is 0.500. The number of nitrogens with zero attached hydrogens (tertiary/aromatic N) is 5. The molecule has 4 rings (SSSR count). The minimum atomic E-state index is -0.537. The zero-order chi connectivity index (χ0) is 19.9. The average Bonchev–Trinajstić information content (AvgIpc) is 3.34. The average molecular weight is 400 g/mol. The molecule has 0 aromatic carbocycles. The van der Waals surface area contributed by atoms with Gasteiger partial charge in [-0.2, -0.15) is 0 Å². The molecule has 28 heavy (non-hydrogen) atoms. The first-order valence-corrected chi connectivity index (χ1v) is 10.3. The number of thiazole rings is 1. The maximum atomic E-state index is 13.2. The lowest BCUT2D eigenvalue weighted by Gasteiger charge is -2.31. The van der Waals surface area contributed by atoms with Gasteiger partial charge in [-0.25, -0.2) is 4.98 Å². The van der Waals surface area contributed by atoms with E-state index in [-0.39, 0.29) is 17.7 Å². The van der Waals surface area contributed by atoms with E-state index in [0.717, 1.165) is 18.8 Å². The second-order valence-corrected chi connectivity index (χ2v) is 8.94. The molecule has 2 aromatic rings. The quantitative estimate of drug-likeness (QED) is 0.780. The van der Waals surface area contributed by atoms with E-state index in [9.17, 15) is 9.59 Å². The normalized spacial score (nSPS) is 24.4. The second kappa shape index (κ2) is 7.25. The van der Waals surface area contributed by atoms with Crippen LogP contribution in [0.1, 0.15) is 20.9 Å². The van der Waals surface area contributed by atoms with Crippen LogP contribution in [-0.4, -0.2) is 76.8 Å². The molecule has 7 nitrogen and oxygen atoms in total. The van der Waals surface area contributed by atoms with Gasteiger partial charge in [0, 0.05) is 75.6 Å². The van der Waals surface area contributed by atoms with Gasteiger partial charge in [-0.1, -0.05) is 0 Å². The highest BCUT2D eigenvalue weighted by Gasteiger charge is 2.58. The largest absolute Gasteiger partial charge is 0.348 e.